The highest BCUT2D eigenvalue weighted by Gasteiger charge is 2.19. The summed E-state index contributed by atoms with van der Waals surface area (Å²) in [5, 5.41) is 14.8. The molecule has 0 saturated carbocycles. The highest BCUT2D eigenvalue weighted by atomic mass is 35.5. The molecule has 1 heterocycles. The van der Waals surface area contributed by atoms with Gasteiger partial charge in [-0.3, -0.25) is 4.79 Å². The molecule has 0 atom stereocenters. The number of nitrogens with zero attached hydrogens (tertiary/aromatic N) is 4. The third-order valence-electron chi connectivity index (χ3n) is 2.76. The molecule has 114 valence electrons. The van der Waals surface area contributed by atoms with Gasteiger partial charge in [-0.05, 0) is 19.1 Å². The predicted molar refractivity (Wildman–Crippen MR) is 81.8 cm³/mol. The Morgan fingerprint density at radius 2 is 2.00 bits per heavy atom. The van der Waals surface area contributed by atoms with Crippen LogP contribution in [0.5, 0.6) is 0 Å². The lowest BCUT2D eigenvalue weighted by Gasteiger charge is -2.23. The summed E-state index contributed by atoms with van der Waals surface area (Å²) in [5.74, 6) is 0.300. The Balaban J connectivity index is 0.00000220. The van der Waals surface area contributed by atoms with E-state index < -0.39 is 5.54 Å². The zero-order valence-corrected chi connectivity index (χ0v) is 12.8. The van der Waals surface area contributed by atoms with E-state index in [0.29, 0.717) is 12.4 Å². The average Bonchev–Trinajstić information content (AvgIpc) is 2.87. The fraction of sp³-hybridized carbons (Fsp3) is 0.385. The van der Waals surface area contributed by atoms with Gasteiger partial charge in [0.2, 0.25) is 11.7 Å². The van der Waals surface area contributed by atoms with Crippen LogP contribution in [0.2, 0.25) is 0 Å². The van der Waals surface area contributed by atoms with Crippen molar-refractivity contribution in [2.45, 2.75) is 25.9 Å². The zero-order chi connectivity index (χ0) is 14.6. The Kier molecular flexibility index (Phi) is 5.80. The van der Waals surface area contributed by atoms with Gasteiger partial charge in [0.05, 0.1) is 0 Å². The third-order valence-corrected chi connectivity index (χ3v) is 2.76. The Morgan fingerprint density at radius 3 is 2.62 bits per heavy atom. The van der Waals surface area contributed by atoms with Crippen molar-refractivity contribution in [1.82, 2.24) is 25.5 Å². The van der Waals surface area contributed by atoms with Crippen LogP contribution in [-0.2, 0) is 11.3 Å². The number of hydrogen-bond acceptors (Lipinski definition) is 5. The summed E-state index contributed by atoms with van der Waals surface area (Å²) in [6, 6.07) is 9.48. The van der Waals surface area contributed by atoms with Crippen molar-refractivity contribution in [3.63, 3.8) is 0 Å². The molecule has 0 saturated heterocycles. The molecule has 21 heavy (non-hydrogen) atoms. The fourth-order valence-corrected chi connectivity index (χ4v) is 1.61. The Labute approximate surface area is 129 Å². The van der Waals surface area contributed by atoms with E-state index in [1.807, 2.05) is 44.2 Å². The number of tetrazole rings is 1. The molecule has 1 amide bonds. The number of carbonyl (C=O) groups excluding carboxylic acids is 1. The number of halogens is 1. The van der Waals surface area contributed by atoms with Crippen molar-refractivity contribution in [1.29, 1.82) is 0 Å². The smallest absolute Gasteiger partial charge is 0.244 e. The lowest BCUT2D eigenvalue weighted by Crippen LogP contribution is -2.50. The molecule has 1 aromatic carbocycles. The second-order valence-corrected chi connectivity index (χ2v) is 5.15. The molecule has 1 aromatic heterocycles. The molecule has 3 N–H and O–H groups in total. The molecule has 7 nitrogen and oxygen atoms in total. The number of hydrogen-bond donors (Lipinski definition) is 2. The van der Waals surface area contributed by atoms with Gasteiger partial charge >= 0.3 is 0 Å². The number of nitrogens with two attached hydrogens (primary N) is 1. The first-order chi connectivity index (χ1) is 9.50. The van der Waals surface area contributed by atoms with E-state index in [2.05, 4.69) is 20.7 Å². The van der Waals surface area contributed by atoms with Gasteiger partial charge in [-0.1, -0.05) is 30.3 Å². The highest BCUT2D eigenvalue weighted by molar-refractivity contribution is 5.85. The minimum Gasteiger partial charge on any atom is -0.348 e. The zero-order valence-electron chi connectivity index (χ0n) is 12.0. The molecule has 0 spiro atoms. The van der Waals surface area contributed by atoms with E-state index in [9.17, 15) is 4.79 Å². The number of carbonyl (C=O) groups is 1. The normalized spacial score (nSPS) is 10.8. The minimum absolute atomic E-state index is 0. The number of aromatic nitrogens is 4. The molecule has 0 radical (unpaired) electrons. The van der Waals surface area contributed by atoms with Crippen LogP contribution in [0.3, 0.4) is 0 Å². The van der Waals surface area contributed by atoms with Crippen LogP contribution >= 0.6 is 12.4 Å². The van der Waals surface area contributed by atoms with E-state index in [4.69, 9.17) is 5.73 Å². The van der Waals surface area contributed by atoms with Crippen LogP contribution in [0.15, 0.2) is 30.3 Å². The number of nitrogens with one attached hydrogen (secondary N) is 1. The van der Waals surface area contributed by atoms with Crippen LogP contribution in [-0.4, -0.2) is 38.2 Å². The summed E-state index contributed by atoms with van der Waals surface area (Å²) in [4.78, 5) is 13.1. The summed E-state index contributed by atoms with van der Waals surface area (Å²) >= 11 is 0. The summed E-state index contributed by atoms with van der Waals surface area (Å²) in [6.07, 6.45) is 0. The molecule has 2 rings (SSSR count). The molecular weight excluding hydrogens is 292 g/mol. The highest BCUT2D eigenvalue weighted by Crippen LogP contribution is 2.11. The van der Waals surface area contributed by atoms with E-state index >= 15 is 0 Å². The van der Waals surface area contributed by atoms with Gasteiger partial charge in [0.1, 0.15) is 6.54 Å². The molecule has 0 aliphatic carbocycles. The topological polar surface area (TPSA) is 98.7 Å². The second kappa shape index (κ2) is 7.14. The second-order valence-electron chi connectivity index (χ2n) is 5.15. The Bertz CT molecular complexity index is 583. The van der Waals surface area contributed by atoms with Gasteiger partial charge in [0.15, 0.2) is 0 Å². The van der Waals surface area contributed by atoms with Crippen LogP contribution in [0, 0.1) is 0 Å². The van der Waals surface area contributed by atoms with Gasteiger partial charge < -0.3 is 11.1 Å². The molecule has 0 aliphatic rings. The lowest BCUT2D eigenvalue weighted by atomic mass is 10.1. The molecule has 0 fully saturated rings. The Morgan fingerprint density at radius 1 is 1.33 bits per heavy atom. The summed E-state index contributed by atoms with van der Waals surface area (Å²) in [7, 11) is 0. The first-order valence-electron chi connectivity index (χ1n) is 6.34. The largest absolute Gasteiger partial charge is 0.348 e. The van der Waals surface area contributed by atoms with E-state index in [0.717, 1.165) is 5.56 Å². The quantitative estimate of drug-likeness (QED) is 0.843. The number of benzene rings is 1. The van der Waals surface area contributed by atoms with Crippen LogP contribution in [0.1, 0.15) is 13.8 Å². The molecule has 2 aromatic rings. The summed E-state index contributed by atoms with van der Waals surface area (Å²) in [5.41, 5.74) is 5.98. The van der Waals surface area contributed by atoms with Gasteiger partial charge in [0, 0.05) is 17.6 Å². The third kappa shape index (κ3) is 4.80. The molecular formula is C13H19ClN6O. The van der Waals surface area contributed by atoms with Gasteiger partial charge in [-0.25, -0.2) is 0 Å². The lowest BCUT2D eigenvalue weighted by molar-refractivity contribution is -0.123. The molecule has 8 heteroatoms. The Hall–Kier alpha value is -1.99. The van der Waals surface area contributed by atoms with Gasteiger partial charge in [-0.15, -0.1) is 22.6 Å². The maximum absolute atomic E-state index is 11.8. The summed E-state index contributed by atoms with van der Waals surface area (Å²) in [6.45, 7) is 4.09. The van der Waals surface area contributed by atoms with Crippen molar-refractivity contribution in [3.05, 3.63) is 30.3 Å². The van der Waals surface area contributed by atoms with E-state index in [1.54, 1.807) is 0 Å². The van der Waals surface area contributed by atoms with Crippen LogP contribution in [0.25, 0.3) is 11.4 Å². The van der Waals surface area contributed by atoms with Gasteiger partial charge in [-0.2, -0.15) is 4.80 Å². The molecule has 0 unspecified atom stereocenters. The van der Waals surface area contributed by atoms with Gasteiger partial charge in [0.25, 0.3) is 0 Å². The maximum atomic E-state index is 11.8. The standard InChI is InChI=1S/C13H18N6O.ClH/c1-13(2,9-14)15-11(20)8-19-17-12(16-18-19)10-6-4-3-5-7-10;/h3-7H,8-9,14H2,1-2H3,(H,15,20);1H. The first-order valence-corrected chi connectivity index (χ1v) is 6.34. The first kappa shape index (κ1) is 17.1. The monoisotopic (exact) mass is 310 g/mol. The fourth-order valence-electron chi connectivity index (χ4n) is 1.61. The number of amides is 1. The minimum atomic E-state index is -0.445. The maximum Gasteiger partial charge on any atom is 0.244 e. The van der Waals surface area contributed by atoms with Crippen molar-refractivity contribution in [2.75, 3.05) is 6.54 Å². The summed E-state index contributed by atoms with van der Waals surface area (Å²) < 4.78 is 0. The van der Waals surface area contributed by atoms with Crippen molar-refractivity contribution in [3.8, 4) is 11.4 Å². The SMILES string of the molecule is CC(C)(CN)NC(=O)Cn1nnc(-c2ccccc2)n1.Cl. The average molecular weight is 311 g/mol. The van der Waals surface area contributed by atoms with Crippen molar-refractivity contribution < 1.29 is 4.79 Å². The predicted octanol–water partition coefficient (Wildman–Crippen LogP) is 0.615. The molecule has 0 aliphatic heterocycles. The van der Waals surface area contributed by atoms with Crippen molar-refractivity contribution in [2.24, 2.45) is 5.73 Å². The van der Waals surface area contributed by atoms with Crippen LogP contribution < -0.4 is 11.1 Å². The van der Waals surface area contributed by atoms with Crippen LogP contribution in [0.4, 0.5) is 0 Å². The van der Waals surface area contributed by atoms with Crippen molar-refractivity contribution >= 4 is 18.3 Å². The van der Waals surface area contributed by atoms with E-state index in [1.165, 1.54) is 4.80 Å². The van der Waals surface area contributed by atoms with E-state index in [-0.39, 0.29) is 24.9 Å². The molecule has 0 bridgehead atoms. The number of rotatable bonds is 5.